The van der Waals surface area contributed by atoms with Gasteiger partial charge in [0, 0.05) is 112 Å². The highest BCUT2D eigenvalue weighted by Gasteiger charge is 2.46. The van der Waals surface area contributed by atoms with Gasteiger partial charge in [-0.1, -0.05) is 115 Å². The van der Waals surface area contributed by atoms with Gasteiger partial charge in [-0.25, -0.2) is 0 Å². The van der Waals surface area contributed by atoms with Crippen LogP contribution in [0.25, 0.3) is 21.8 Å². The molecule has 15 atom stereocenters. The molecule has 39 heteroatoms. The number of hydrogen-bond donors (Lipinski definition) is 17. The Labute approximate surface area is 749 Å². The number of aliphatic hydroxyl groups excluding tert-OH is 1. The number of likely N-dealkylation sites (N-methyl/N-ethyl adjacent to an activating group) is 3. The lowest BCUT2D eigenvalue weighted by Crippen LogP contribution is -2.61. The number of nitrogens with zero attached hydrogens (tertiary/aromatic N) is 5. The van der Waals surface area contributed by atoms with Crippen molar-refractivity contribution in [1.29, 1.82) is 0 Å². The predicted octanol–water partition coefficient (Wildman–Crippen LogP) is -0.479. The molecule has 0 bridgehead atoms. The van der Waals surface area contributed by atoms with Crippen LogP contribution in [0.5, 0.6) is 5.75 Å². The van der Waals surface area contributed by atoms with Crippen molar-refractivity contribution >= 4 is 128 Å². The number of carbonyl (C=O) groups is 16. The number of benzene rings is 3. The van der Waals surface area contributed by atoms with E-state index in [9.17, 15) is 53.4 Å². The lowest BCUT2D eigenvalue weighted by atomic mass is 9.90. The molecule has 3 aliphatic rings. The van der Waals surface area contributed by atoms with Crippen molar-refractivity contribution in [3.05, 3.63) is 102 Å². The molecule has 5 aromatic rings. The van der Waals surface area contributed by atoms with Gasteiger partial charge in [0.05, 0.1) is 24.4 Å². The third kappa shape index (κ3) is 27.7. The summed E-state index contributed by atoms with van der Waals surface area (Å²) >= 11 is 0.831. The molecule has 0 saturated carbocycles. The van der Waals surface area contributed by atoms with Gasteiger partial charge in [0.2, 0.25) is 88.6 Å². The van der Waals surface area contributed by atoms with Crippen LogP contribution in [0.2, 0.25) is 0 Å². The number of nitrogens with two attached hydrogens (primary N) is 4. The van der Waals surface area contributed by atoms with Crippen molar-refractivity contribution in [2.24, 2.45) is 34.8 Å². The molecule has 128 heavy (non-hydrogen) atoms. The third-order valence-electron chi connectivity index (χ3n) is 23.8. The second-order valence-electron chi connectivity index (χ2n) is 33.8. The molecule has 0 spiro atoms. The first kappa shape index (κ1) is 102. The molecule has 38 nitrogen and oxygen atoms in total. The van der Waals surface area contributed by atoms with Gasteiger partial charge in [-0.3, -0.25) is 76.7 Å². The Bertz CT molecular complexity index is 4720. The Morgan fingerprint density at radius 1 is 0.539 bits per heavy atom. The van der Waals surface area contributed by atoms with Crippen molar-refractivity contribution in [3.63, 3.8) is 0 Å². The van der Waals surface area contributed by atoms with Crippen molar-refractivity contribution in [2.45, 2.75) is 242 Å². The average molecular weight is 1800 g/mol. The number of aromatic hydroxyl groups is 1. The summed E-state index contributed by atoms with van der Waals surface area (Å²) in [5.41, 5.74) is 27.0. The minimum absolute atomic E-state index is 0.00867. The SMILES string of the molecule is CCCC[C@H]1C(=O)N(C)[C@@H](CCCC)C(=O)N[C@@H](CCC)C(=O)N[C@H](C(=O)NCC(N)=O)CSCC(=O)N[C@@H](Cc2ccc(O)cc2)C(=O)N(C)[C@@H](C)C(=O)N[C@@H](CCN)C(=O)N2CCC[C@H]2C(=O)N[C@@H](CN)C(=O)N[C@@H](CC(C)C)C(=O)N2C[C@H](O)C[C@H]2C(=O)C[C@@H](Cc2c[nH]c3ccccc23)C(=O)N[C@@H](CCN)C(=O)N[C@@H](Cc2c[nH]c3ccccc23)C(=O)N1C. The molecule has 0 unspecified atom stereocenters. The second-order valence-corrected chi connectivity index (χ2v) is 34.9. The van der Waals surface area contributed by atoms with E-state index in [-0.39, 0.29) is 114 Å². The maximum Gasteiger partial charge on any atom is 0.245 e. The maximum absolute atomic E-state index is 15.8. The number of fused-ring (bicyclic) bond motifs is 4. The number of amides is 15. The molecule has 15 amide bonds. The molecule has 3 fully saturated rings. The molecule has 5 heterocycles. The Kier molecular flexibility index (Phi) is 39.1. The summed E-state index contributed by atoms with van der Waals surface area (Å²) in [5, 5.41) is 47.4. The van der Waals surface area contributed by atoms with E-state index in [2.05, 4.69) is 57.8 Å². The number of ketones is 1. The van der Waals surface area contributed by atoms with Crippen LogP contribution in [0.3, 0.4) is 0 Å². The number of thioether (sulfide) groups is 1. The second kappa shape index (κ2) is 49.1. The van der Waals surface area contributed by atoms with Gasteiger partial charge in [0.15, 0.2) is 5.78 Å². The minimum Gasteiger partial charge on any atom is -0.508 e. The van der Waals surface area contributed by atoms with Crippen LogP contribution in [0.4, 0.5) is 0 Å². The van der Waals surface area contributed by atoms with Crippen LogP contribution in [0.15, 0.2) is 85.2 Å². The molecule has 0 aliphatic carbocycles. The lowest BCUT2D eigenvalue weighted by molar-refractivity contribution is -0.149. The number of H-pyrrole nitrogens is 2. The predicted molar refractivity (Wildman–Crippen MR) is 480 cm³/mol. The Hall–Kier alpha value is -11.6. The van der Waals surface area contributed by atoms with Crippen LogP contribution in [0.1, 0.15) is 155 Å². The van der Waals surface area contributed by atoms with Gasteiger partial charge in [-0.05, 0) is 125 Å². The molecule has 0 radical (unpaired) electrons. The molecule has 21 N–H and O–H groups in total. The summed E-state index contributed by atoms with van der Waals surface area (Å²) in [6.07, 6.45) is 3.07. The fourth-order valence-corrected chi connectivity index (χ4v) is 17.4. The number of phenols is 1. The summed E-state index contributed by atoms with van der Waals surface area (Å²) in [6.45, 7) is 8.56. The number of Topliss-reactive ketones (excluding diaryl/α,β-unsaturated/α-hetero) is 1. The minimum atomic E-state index is -1.52. The molecule has 3 saturated heterocycles. The normalized spacial score (nSPS) is 25.6. The number of phenolic OH excluding ortho intramolecular Hbond substituents is 1. The largest absolute Gasteiger partial charge is 0.508 e. The molecular formula is C89H130N20O18S. The monoisotopic (exact) mass is 1800 g/mol. The van der Waals surface area contributed by atoms with Crippen molar-refractivity contribution in [2.75, 3.05) is 71.9 Å². The van der Waals surface area contributed by atoms with Crippen LogP contribution in [-0.2, 0) is 96.0 Å². The maximum atomic E-state index is 15.8. The molecule has 700 valence electrons. The number of para-hydroxylation sites is 2. The van der Waals surface area contributed by atoms with Gasteiger partial charge >= 0.3 is 0 Å². The van der Waals surface area contributed by atoms with Gasteiger partial charge in [-0.2, -0.15) is 0 Å². The Morgan fingerprint density at radius 2 is 1.07 bits per heavy atom. The number of unbranched alkanes of at least 4 members (excludes halogenated alkanes) is 2. The average Bonchev–Trinajstić information content (AvgIpc) is 1.65. The van der Waals surface area contributed by atoms with E-state index < -0.39 is 210 Å². The van der Waals surface area contributed by atoms with E-state index in [1.54, 1.807) is 45.3 Å². The Balaban J connectivity index is 1.17. The standard InChI is InChI=1S/C89H130N20O18S/c1-10-13-25-70-83(121)99-62(20-12-3)80(118)104-69(79(117)96-46-75(93)113)48-128-49-76(114)97-66(38-52-28-30-56(110)31-29-52)85(123)105(7)51(6)77(115)100-64(33-35-91)87(125)108-36-19-27-71(108)84(122)103-68(43-92)82(120)101-65(37-50(4)5)88(126)109-47-57(111)42-73(109)74(112)41-53(39-54-44-94-60-23-17-15-21-58(54)60)78(116)98-63(32-34-90)81(119)102-67(40-55-45-95-61-24-18-16-22-59(55)61)86(124)107(9)72(26-14-11-2)89(127)106(70)8/h15-18,21-24,28-31,44-45,50-51,53,57,62-73,94-95,110-111H,10-14,19-20,25-27,32-43,46-49,90-92H2,1-9H3,(H2,93,113)(H,96,117)(H,97,114)(H,98,116)(H,99,121)(H,100,115)(H,101,120)(H,102,119)(H,103,122)(H,104,118)/t51-,53+,57+,62-,63-,64-,65-,66-,67-,68-,69-,70-,71-,72-,73-/m0/s1. The zero-order valence-electron chi connectivity index (χ0n) is 74.6. The van der Waals surface area contributed by atoms with Gasteiger partial charge in [0.25, 0.3) is 0 Å². The summed E-state index contributed by atoms with van der Waals surface area (Å²) in [5.74, 6) is -15.4. The van der Waals surface area contributed by atoms with Gasteiger partial charge in [0.1, 0.15) is 78.3 Å². The van der Waals surface area contributed by atoms with E-state index in [1.807, 2.05) is 50.2 Å². The van der Waals surface area contributed by atoms with Gasteiger partial charge in [-0.15, -0.1) is 11.8 Å². The zero-order chi connectivity index (χ0) is 93.8. The number of aromatic nitrogens is 2. The fraction of sp³-hybridized carbons (Fsp3) is 0.573. The van der Waals surface area contributed by atoms with E-state index in [1.165, 1.54) is 67.0 Å². The molecular weight excluding hydrogens is 1670 g/mol. The molecule has 3 aromatic carbocycles. The molecule has 8 rings (SSSR count). The van der Waals surface area contributed by atoms with Crippen LogP contribution in [-0.4, -0.2) is 296 Å². The van der Waals surface area contributed by atoms with Gasteiger partial charge < -0.3 is 115 Å². The highest BCUT2D eigenvalue weighted by molar-refractivity contribution is 8.00. The summed E-state index contributed by atoms with van der Waals surface area (Å²) in [6, 6.07) is 2.11. The number of aromatic amines is 2. The highest BCUT2D eigenvalue weighted by atomic mass is 32.2. The van der Waals surface area contributed by atoms with Crippen molar-refractivity contribution in [1.82, 2.24) is 82.3 Å². The number of hydrogen-bond acceptors (Lipinski definition) is 22. The van der Waals surface area contributed by atoms with E-state index >= 15 is 33.6 Å². The topological polar surface area (TPSA) is 574 Å². The fourth-order valence-electron chi connectivity index (χ4n) is 16.5. The van der Waals surface area contributed by atoms with Crippen LogP contribution < -0.4 is 70.8 Å². The number of nitrogens with one attached hydrogen (secondary N) is 11. The first-order valence-corrected chi connectivity index (χ1v) is 45.4. The quantitative estimate of drug-likeness (QED) is 0.0371. The van der Waals surface area contributed by atoms with Crippen molar-refractivity contribution in [3.8, 4) is 5.75 Å². The summed E-state index contributed by atoms with van der Waals surface area (Å²) in [7, 11) is 4.11. The molecule has 3 aliphatic heterocycles. The zero-order valence-corrected chi connectivity index (χ0v) is 75.4. The van der Waals surface area contributed by atoms with Crippen molar-refractivity contribution < 1.29 is 86.9 Å². The first-order valence-electron chi connectivity index (χ1n) is 44.2. The first-order chi connectivity index (χ1) is 61.1. The van der Waals surface area contributed by atoms with E-state index in [0.717, 1.165) is 21.6 Å². The molecule has 2 aromatic heterocycles. The smallest absolute Gasteiger partial charge is 0.245 e. The third-order valence-corrected chi connectivity index (χ3v) is 24.8. The lowest BCUT2D eigenvalue weighted by Gasteiger charge is -2.36. The van der Waals surface area contributed by atoms with E-state index in [4.69, 9.17) is 22.9 Å². The van der Waals surface area contributed by atoms with E-state index in [0.29, 0.717) is 77.0 Å². The highest BCUT2D eigenvalue weighted by Crippen LogP contribution is 2.30. The number of carbonyl (C=O) groups excluding carboxylic acids is 16. The summed E-state index contributed by atoms with van der Waals surface area (Å²) < 4.78 is 0. The Morgan fingerprint density at radius 3 is 1.68 bits per heavy atom. The summed E-state index contributed by atoms with van der Waals surface area (Å²) in [4.78, 5) is 248. The van der Waals surface area contributed by atoms with Crippen LogP contribution in [0, 0.1) is 11.8 Å². The van der Waals surface area contributed by atoms with Crippen LogP contribution >= 0.6 is 11.8 Å². The number of rotatable bonds is 24. The number of aliphatic hydroxyl groups is 1. The number of primary amides is 1.